The number of carbonyl (C=O) groups is 1. The lowest BCUT2D eigenvalue weighted by molar-refractivity contribution is -0.122. The molecule has 5 rings (SSSR count). The molecule has 3 aliphatic rings. The van der Waals surface area contributed by atoms with Gasteiger partial charge in [0.2, 0.25) is 5.91 Å². The Labute approximate surface area is 219 Å². The Morgan fingerprint density at radius 2 is 1.94 bits per heavy atom. The molecule has 194 valence electrons. The lowest BCUT2D eigenvalue weighted by Gasteiger charge is -2.49. The summed E-state index contributed by atoms with van der Waals surface area (Å²) in [6.07, 6.45) is 11.1. The van der Waals surface area contributed by atoms with E-state index >= 15 is 0 Å². The van der Waals surface area contributed by atoms with E-state index in [1.807, 2.05) is 24.3 Å². The van der Waals surface area contributed by atoms with Crippen LogP contribution in [0.1, 0.15) is 88.2 Å². The summed E-state index contributed by atoms with van der Waals surface area (Å²) < 4.78 is 18.3. The van der Waals surface area contributed by atoms with Crippen molar-refractivity contribution in [2.45, 2.75) is 101 Å². The first-order chi connectivity index (χ1) is 17.5. The molecule has 36 heavy (non-hydrogen) atoms. The standard InChI is InChI=1S/C30H38ClNO4/c1-20(24-19-30(17-8-18-30)36-29-23(24)13-7-14-25(29)31)32-27(33)16-6-10-21-9-5-15-26(34-2)28(21)35-22-11-3-4-12-22/h5,7,9,13-15,20,22,24H,3-4,6,8,10-12,16-19H2,1-2H3,(H,32,33). The van der Waals surface area contributed by atoms with Crippen molar-refractivity contribution >= 4 is 17.5 Å². The number of halogens is 1. The highest BCUT2D eigenvalue weighted by Gasteiger charge is 2.47. The molecule has 0 radical (unpaired) electrons. The number of ether oxygens (including phenoxy) is 3. The molecular weight excluding hydrogens is 474 g/mol. The van der Waals surface area contributed by atoms with Crippen molar-refractivity contribution in [3.8, 4) is 17.2 Å². The number of methoxy groups -OCH3 is 1. The Hall–Kier alpha value is -2.40. The van der Waals surface area contributed by atoms with Crippen molar-refractivity contribution in [2.24, 2.45) is 0 Å². The number of para-hydroxylation sites is 2. The Morgan fingerprint density at radius 3 is 2.67 bits per heavy atom. The van der Waals surface area contributed by atoms with Crippen LogP contribution in [0.3, 0.4) is 0 Å². The quantitative estimate of drug-likeness (QED) is 0.394. The van der Waals surface area contributed by atoms with Gasteiger partial charge in [-0.05, 0) is 88.8 Å². The van der Waals surface area contributed by atoms with Gasteiger partial charge in [-0.25, -0.2) is 0 Å². The van der Waals surface area contributed by atoms with Gasteiger partial charge in [0.05, 0.1) is 18.2 Å². The number of hydrogen-bond acceptors (Lipinski definition) is 4. The molecule has 2 aromatic rings. The molecule has 1 aliphatic heterocycles. The first kappa shape index (κ1) is 25.3. The molecule has 0 saturated heterocycles. The molecule has 1 amide bonds. The number of benzene rings is 2. The van der Waals surface area contributed by atoms with Gasteiger partial charge in [0, 0.05) is 23.9 Å². The second-order valence-electron chi connectivity index (χ2n) is 10.8. The molecule has 2 atom stereocenters. The molecular formula is C30H38ClNO4. The predicted octanol–water partition coefficient (Wildman–Crippen LogP) is 6.99. The molecule has 2 aliphatic carbocycles. The fourth-order valence-electron chi connectivity index (χ4n) is 6.11. The Bertz CT molecular complexity index is 1080. The average molecular weight is 512 g/mol. The highest BCUT2D eigenvalue weighted by atomic mass is 35.5. The summed E-state index contributed by atoms with van der Waals surface area (Å²) in [6.45, 7) is 2.11. The topological polar surface area (TPSA) is 56.8 Å². The summed E-state index contributed by atoms with van der Waals surface area (Å²) in [7, 11) is 1.69. The first-order valence-electron chi connectivity index (χ1n) is 13.6. The van der Waals surface area contributed by atoms with Gasteiger partial charge in [-0.3, -0.25) is 4.79 Å². The third kappa shape index (κ3) is 5.32. The van der Waals surface area contributed by atoms with Crippen molar-refractivity contribution in [1.29, 1.82) is 0 Å². The number of carbonyl (C=O) groups excluding carboxylic acids is 1. The van der Waals surface area contributed by atoms with Gasteiger partial charge in [-0.2, -0.15) is 0 Å². The summed E-state index contributed by atoms with van der Waals surface area (Å²) in [4.78, 5) is 13.0. The van der Waals surface area contributed by atoms with Gasteiger partial charge in [0.25, 0.3) is 0 Å². The van der Waals surface area contributed by atoms with Crippen LogP contribution < -0.4 is 19.5 Å². The molecule has 1 N–H and O–H groups in total. The maximum Gasteiger partial charge on any atom is 0.220 e. The van der Waals surface area contributed by atoms with E-state index in [0.29, 0.717) is 11.4 Å². The van der Waals surface area contributed by atoms with E-state index in [1.165, 1.54) is 19.3 Å². The normalized spacial score (nSPS) is 21.2. The SMILES string of the molecule is COc1cccc(CCCC(=O)NC(C)C2CC3(CCC3)Oc3c(Cl)cccc32)c1OC1CCCC1. The van der Waals surface area contributed by atoms with Crippen LogP contribution in [0.25, 0.3) is 0 Å². The largest absolute Gasteiger partial charge is 0.493 e. The van der Waals surface area contributed by atoms with Crippen molar-refractivity contribution in [3.63, 3.8) is 0 Å². The fourth-order valence-corrected chi connectivity index (χ4v) is 6.33. The predicted molar refractivity (Wildman–Crippen MR) is 142 cm³/mol. The minimum Gasteiger partial charge on any atom is -0.493 e. The molecule has 1 heterocycles. The summed E-state index contributed by atoms with van der Waals surface area (Å²) in [6, 6.07) is 12.0. The van der Waals surface area contributed by atoms with E-state index in [-0.39, 0.29) is 29.6 Å². The van der Waals surface area contributed by atoms with Crippen molar-refractivity contribution < 1.29 is 19.0 Å². The number of aryl methyl sites for hydroxylation is 1. The number of nitrogens with one attached hydrogen (secondary N) is 1. The zero-order valence-electron chi connectivity index (χ0n) is 21.5. The number of fused-ring (bicyclic) bond motifs is 1. The Balaban J connectivity index is 1.20. The van der Waals surface area contributed by atoms with Crippen LogP contribution in [0, 0.1) is 0 Å². The minimum absolute atomic E-state index is 0.00849. The molecule has 1 spiro atoms. The lowest BCUT2D eigenvalue weighted by Crippen LogP contribution is -2.50. The van der Waals surface area contributed by atoms with Gasteiger partial charge < -0.3 is 19.5 Å². The Morgan fingerprint density at radius 1 is 1.17 bits per heavy atom. The molecule has 2 aromatic carbocycles. The van der Waals surface area contributed by atoms with E-state index in [4.69, 9.17) is 25.8 Å². The molecule has 5 nitrogen and oxygen atoms in total. The third-order valence-corrected chi connectivity index (χ3v) is 8.58. The van der Waals surface area contributed by atoms with E-state index in [1.54, 1.807) is 7.11 Å². The van der Waals surface area contributed by atoms with Crippen molar-refractivity contribution in [2.75, 3.05) is 7.11 Å². The number of hydrogen-bond donors (Lipinski definition) is 1. The van der Waals surface area contributed by atoms with Crippen LogP contribution in [0.2, 0.25) is 5.02 Å². The second-order valence-corrected chi connectivity index (χ2v) is 11.2. The second kappa shape index (κ2) is 10.9. The van der Waals surface area contributed by atoms with Crippen LogP contribution in [0.4, 0.5) is 0 Å². The van der Waals surface area contributed by atoms with E-state index in [2.05, 4.69) is 24.4 Å². The monoisotopic (exact) mass is 511 g/mol. The maximum absolute atomic E-state index is 13.0. The minimum atomic E-state index is -0.121. The van der Waals surface area contributed by atoms with Crippen LogP contribution in [0.5, 0.6) is 17.2 Å². The summed E-state index contributed by atoms with van der Waals surface area (Å²) >= 11 is 6.51. The maximum atomic E-state index is 13.0. The van der Waals surface area contributed by atoms with Gasteiger partial charge >= 0.3 is 0 Å². The molecule has 0 bridgehead atoms. The van der Waals surface area contributed by atoms with Crippen LogP contribution in [-0.4, -0.2) is 30.8 Å². The Kier molecular flexibility index (Phi) is 7.66. The van der Waals surface area contributed by atoms with Gasteiger partial charge in [0.15, 0.2) is 11.5 Å². The van der Waals surface area contributed by atoms with Gasteiger partial charge in [-0.15, -0.1) is 0 Å². The first-order valence-corrected chi connectivity index (χ1v) is 14.0. The third-order valence-electron chi connectivity index (χ3n) is 8.28. The molecule has 2 fully saturated rings. The highest BCUT2D eigenvalue weighted by Crippen LogP contribution is 2.52. The summed E-state index contributed by atoms with van der Waals surface area (Å²) in [5, 5.41) is 3.95. The van der Waals surface area contributed by atoms with Gasteiger partial charge in [-0.1, -0.05) is 35.9 Å². The summed E-state index contributed by atoms with van der Waals surface area (Å²) in [5.74, 6) is 2.72. The van der Waals surface area contributed by atoms with Crippen molar-refractivity contribution in [3.05, 3.63) is 52.5 Å². The van der Waals surface area contributed by atoms with Gasteiger partial charge in [0.1, 0.15) is 11.4 Å². The van der Waals surface area contributed by atoms with E-state index in [0.717, 1.165) is 73.3 Å². The van der Waals surface area contributed by atoms with E-state index < -0.39 is 0 Å². The van der Waals surface area contributed by atoms with E-state index in [9.17, 15) is 4.79 Å². The highest BCUT2D eigenvalue weighted by molar-refractivity contribution is 6.32. The number of rotatable bonds is 9. The zero-order chi connectivity index (χ0) is 25.1. The van der Waals surface area contributed by atoms with Crippen LogP contribution in [-0.2, 0) is 11.2 Å². The van der Waals surface area contributed by atoms with Crippen molar-refractivity contribution in [1.82, 2.24) is 5.32 Å². The number of amides is 1. The average Bonchev–Trinajstić information content (AvgIpc) is 3.37. The zero-order valence-corrected chi connectivity index (χ0v) is 22.2. The molecule has 2 unspecified atom stereocenters. The lowest BCUT2D eigenvalue weighted by atomic mass is 9.69. The smallest absolute Gasteiger partial charge is 0.220 e. The van der Waals surface area contributed by atoms with Crippen LogP contribution in [0.15, 0.2) is 36.4 Å². The molecule has 6 heteroatoms. The molecule has 2 saturated carbocycles. The molecule has 0 aromatic heterocycles. The fraction of sp³-hybridized carbons (Fsp3) is 0.567. The van der Waals surface area contributed by atoms with Crippen LogP contribution >= 0.6 is 11.6 Å². The summed E-state index contributed by atoms with van der Waals surface area (Å²) in [5.41, 5.74) is 2.10.